The Balaban J connectivity index is 1.98. The lowest BCUT2D eigenvalue weighted by atomic mass is 9.73. The van der Waals surface area contributed by atoms with Crippen LogP contribution in [0.3, 0.4) is 0 Å². The molecule has 1 saturated heterocycles. The van der Waals surface area contributed by atoms with Crippen LogP contribution < -0.4 is 5.32 Å². The maximum Gasteiger partial charge on any atom is 0.0811 e. The lowest BCUT2D eigenvalue weighted by Gasteiger charge is -2.37. The van der Waals surface area contributed by atoms with Crippen LogP contribution in [-0.4, -0.2) is 23.8 Å². The van der Waals surface area contributed by atoms with Crippen molar-refractivity contribution in [3.8, 4) is 0 Å². The Morgan fingerprint density at radius 3 is 2.85 bits per heavy atom. The monoisotopic (exact) mass is 183 g/mol. The minimum absolute atomic E-state index is 0.366. The third-order valence-corrected chi connectivity index (χ3v) is 3.86. The number of hydrogen-bond acceptors (Lipinski definition) is 2. The molecule has 1 saturated carbocycles. The van der Waals surface area contributed by atoms with E-state index >= 15 is 0 Å². The average molecular weight is 183 g/mol. The molecule has 0 amide bonds. The molecule has 2 rings (SSSR count). The highest BCUT2D eigenvalue weighted by Gasteiger charge is 2.40. The van der Waals surface area contributed by atoms with Crippen LogP contribution in [0.15, 0.2) is 0 Å². The second kappa shape index (κ2) is 3.58. The number of nitrogens with one attached hydrogen (secondary N) is 1. The Kier molecular flexibility index (Phi) is 2.61. The SMILES string of the molecule is CC1CCCC(C2(O)CCNC2)C1. The zero-order chi connectivity index (χ0) is 9.31. The van der Waals surface area contributed by atoms with Crippen molar-refractivity contribution in [3.63, 3.8) is 0 Å². The first-order chi connectivity index (χ1) is 6.21. The van der Waals surface area contributed by atoms with Crippen molar-refractivity contribution in [1.29, 1.82) is 0 Å². The van der Waals surface area contributed by atoms with Crippen LogP contribution in [0.5, 0.6) is 0 Å². The molecular formula is C11H21NO. The van der Waals surface area contributed by atoms with Gasteiger partial charge < -0.3 is 10.4 Å². The van der Waals surface area contributed by atoms with Crippen LogP contribution in [0.1, 0.15) is 39.0 Å². The molecule has 1 aliphatic heterocycles. The molecule has 0 radical (unpaired) electrons. The van der Waals surface area contributed by atoms with Crippen LogP contribution in [-0.2, 0) is 0 Å². The van der Waals surface area contributed by atoms with Crippen molar-refractivity contribution in [2.75, 3.05) is 13.1 Å². The van der Waals surface area contributed by atoms with Gasteiger partial charge in [-0.25, -0.2) is 0 Å². The van der Waals surface area contributed by atoms with Gasteiger partial charge in [0.1, 0.15) is 0 Å². The second-order valence-electron chi connectivity index (χ2n) is 5.00. The predicted molar refractivity (Wildman–Crippen MR) is 53.6 cm³/mol. The van der Waals surface area contributed by atoms with Gasteiger partial charge in [-0.1, -0.05) is 19.8 Å². The molecule has 3 unspecified atom stereocenters. The third-order valence-electron chi connectivity index (χ3n) is 3.86. The Morgan fingerprint density at radius 1 is 1.38 bits per heavy atom. The van der Waals surface area contributed by atoms with E-state index in [2.05, 4.69) is 12.2 Å². The lowest BCUT2D eigenvalue weighted by molar-refractivity contribution is -0.0228. The van der Waals surface area contributed by atoms with E-state index < -0.39 is 0 Å². The molecule has 2 aliphatic rings. The summed E-state index contributed by atoms with van der Waals surface area (Å²) in [4.78, 5) is 0. The van der Waals surface area contributed by atoms with Crippen molar-refractivity contribution in [3.05, 3.63) is 0 Å². The quantitative estimate of drug-likeness (QED) is 0.646. The smallest absolute Gasteiger partial charge is 0.0811 e. The molecule has 0 spiro atoms. The van der Waals surface area contributed by atoms with Gasteiger partial charge in [0.05, 0.1) is 5.60 Å². The highest BCUT2D eigenvalue weighted by molar-refractivity contribution is 4.95. The Bertz CT molecular complexity index is 175. The second-order valence-corrected chi connectivity index (χ2v) is 5.00. The van der Waals surface area contributed by atoms with Crippen molar-refractivity contribution >= 4 is 0 Å². The summed E-state index contributed by atoms with van der Waals surface area (Å²) >= 11 is 0. The molecule has 76 valence electrons. The fraction of sp³-hybridized carbons (Fsp3) is 1.00. The summed E-state index contributed by atoms with van der Waals surface area (Å²) in [7, 11) is 0. The summed E-state index contributed by atoms with van der Waals surface area (Å²) in [5, 5.41) is 13.6. The minimum atomic E-state index is -0.366. The van der Waals surface area contributed by atoms with E-state index in [1.807, 2.05) is 0 Å². The summed E-state index contributed by atoms with van der Waals surface area (Å²) in [5.74, 6) is 1.38. The Hall–Kier alpha value is -0.0800. The van der Waals surface area contributed by atoms with E-state index in [0.717, 1.165) is 25.4 Å². The third kappa shape index (κ3) is 1.89. The lowest BCUT2D eigenvalue weighted by Crippen LogP contribution is -2.42. The fourth-order valence-electron chi connectivity index (χ4n) is 2.97. The van der Waals surface area contributed by atoms with Gasteiger partial charge in [-0.3, -0.25) is 0 Å². The zero-order valence-corrected chi connectivity index (χ0v) is 8.55. The molecule has 1 aliphatic carbocycles. The minimum Gasteiger partial charge on any atom is -0.388 e. The van der Waals surface area contributed by atoms with E-state index in [-0.39, 0.29) is 5.60 Å². The molecule has 0 aromatic heterocycles. The zero-order valence-electron chi connectivity index (χ0n) is 8.55. The Labute approximate surface area is 80.7 Å². The summed E-state index contributed by atoms with van der Waals surface area (Å²) < 4.78 is 0. The summed E-state index contributed by atoms with van der Waals surface area (Å²) in [5.41, 5.74) is -0.366. The first-order valence-electron chi connectivity index (χ1n) is 5.64. The summed E-state index contributed by atoms with van der Waals surface area (Å²) in [6.45, 7) is 4.14. The molecule has 2 nitrogen and oxygen atoms in total. The van der Waals surface area contributed by atoms with E-state index in [1.54, 1.807) is 0 Å². The number of rotatable bonds is 1. The standard InChI is InChI=1S/C11H21NO/c1-9-3-2-4-10(7-9)11(13)5-6-12-8-11/h9-10,12-13H,2-8H2,1H3. The molecule has 13 heavy (non-hydrogen) atoms. The van der Waals surface area contributed by atoms with Gasteiger partial charge in [-0.2, -0.15) is 0 Å². The highest BCUT2D eigenvalue weighted by Crippen LogP contribution is 2.38. The molecule has 0 aromatic carbocycles. The van der Waals surface area contributed by atoms with Crippen LogP contribution in [0.25, 0.3) is 0 Å². The molecule has 2 heteroatoms. The fourth-order valence-corrected chi connectivity index (χ4v) is 2.97. The molecule has 2 N–H and O–H groups in total. The van der Waals surface area contributed by atoms with Crippen molar-refractivity contribution in [1.82, 2.24) is 5.32 Å². The maximum atomic E-state index is 10.4. The van der Waals surface area contributed by atoms with Gasteiger partial charge in [-0.05, 0) is 37.6 Å². The van der Waals surface area contributed by atoms with Crippen LogP contribution >= 0.6 is 0 Å². The highest BCUT2D eigenvalue weighted by atomic mass is 16.3. The van der Waals surface area contributed by atoms with E-state index in [9.17, 15) is 5.11 Å². The van der Waals surface area contributed by atoms with Crippen molar-refractivity contribution in [2.45, 2.75) is 44.6 Å². The van der Waals surface area contributed by atoms with Gasteiger partial charge in [-0.15, -0.1) is 0 Å². The topological polar surface area (TPSA) is 32.3 Å². The van der Waals surface area contributed by atoms with Gasteiger partial charge in [0, 0.05) is 6.54 Å². The van der Waals surface area contributed by atoms with Crippen molar-refractivity contribution < 1.29 is 5.11 Å². The van der Waals surface area contributed by atoms with Crippen molar-refractivity contribution in [2.24, 2.45) is 11.8 Å². The van der Waals surface area contributed by atoms with E-state index in [1.165, 1.54) is 25.7 Å². The first-order valence-corrected chi connectivity index (χ1v) is 5.64. The molecule has 0 bridgehead atoms. The normalized spacial score (nSPS) is 46.6. The number of β-amino-alcohol motifs (C(OH)–C–C–N with tert-alkyl or cyclic N) is 1. The Morgan fingerprint density at radius 2 is 2.23 bits per heavy atom. The molecule has 0 aromatic rings. The van der Waals surface area contributed by atoms with Gasteiger partial charge in [0.25, 0.3) is 0 Å². The van der Waals surface area contributed by atoms with Crippen LogP contribution in [0.2, 0.25) is 0 Å². The first kappa shape index (κ1) is 9.47. The largest absolute Gasteiger partial charge is 0.388 e. The molecule has 1 heterocycles. The summed E-state index contributed by atoms with van der Waals surface area (Å²) in [6, 6.07) is 0. The van der Waals surface area contributed by atoms with Gasteiger partial charge >= 0.3 is 0 Å². The molecule has 2 fully saturated rings. The van der Waals surface area contributed by atoms with Crippen LogP contribution in [0.4, 0.5) is 0 Å². The van der Waals surface area contributed by atoms with E-state index in [4.69, 9.17) is 0 Å². The molecular weight excluding hydrogens is 162 g/mol. The van der Waals surface area contributed by atoms with Gasteiger partial charge in [0.15, 0.2) is 0 Å². The maximum absolute atomic E-state index is 10.4. The van der Waals surface area contributed by atoms with E-state index in [0.29, 0.717) is 5.92 Å². The summed E-state index contributed by atoms with van der Waals surface area (Å²) in [6.07, 6.45) is 6.11. The average Bonchev–Trinajstić information content (AvgIpc) is 2.54. The molecule has 3 atom stereocenters. The number of hydrogen-bond donors (Lipinski definition) is 2. The number of aliphatic hydroxyl groups is 1. The van der Waals surface area contributed by atoms with Crippen LogP contribution in [0, 0.1) is 11.8 Å². The van der Waals surface area contributed by atoms with Gasteiger partial charge in [0.2, 0.25) is 0 Å². The predicted octanol–water partition coefficient (Wildman–Crippen LogP) is 1.54.